The lowest BCUT2D eigenvalue weighted by Crippen LogP contribution is -2.36. The average molecular weight is 217 g/mol. The van der Waals surface area contributed by atoms with Crippen molar-refractivity contribution >= 4 is 17.3 Å². The summed E-state index contributed by atoms with van der Waals surface area (Å²) in [7, 11) is 0. The molecule has 0 atom stereocenters. The fourth-order valence-electron chi connectivity index (χ4n) is 0.943. The van der Waals surface area contributed by atoms with Crippen molar-refractivity contribution in [1.82, 2.24) is 5.43 Å². The smallest absolute Gasteiger partial charge is 0.288 e. The van der Waals surface area contributed by atoms with Crippen molar-refractivity contribution in [3.05, 3.63) is 29.8 Å². The normalized spacial score (nSPS) is 10.4. The molecular formula is C10H11N5O. The zero-order chi connectivity index (χ0) is 12.0. The molecule has 16 heavy (non-hydrogen) atoms. The number of hydrazine groups is 1. The molecule has 0 saturated heterocycles. The molecule has 1 aromatic rings. The van der Waals surface area contributed by atoms with Crippen LogP contribution in [0.1, 0.15) is 5.56 Å². The third-order valence-electron chi connectivity index (χ3n) is 1.80. The molecule has 1 rings (SSSR count). The number of nitrogens with one attached hydrogen (secondary N) is 2. The summed E-state index contributed by atoms with van der Waals surface area (Å²) >= 11 is 0. The minimum Gasteiger partial charge on any atom is -0.288 e. The van der Waals surface area contributed by atoms with Crippen LogP contribution in [0.2, 0.25) is 0 Å². The molecular weight excluding hydrogens is 206 g/mol. The van der Waals surface area contributed by atoms with Gasteiger partial charge >= 0.3 is 0 Å². The Kier molecular flexibility index (Phi) is 4.00. The van der Waals surface area contributed by atoms with Crippen LogP contribution in [0.25, 0.3) is 0 Å². The molecule has 0 unspecified atom stereocenters. The van der Waals surface area contributed by atoms with Crippen LogP contribution in [0.3, 0.4) is 0 Å². The third-order valence-corrected chi connectivity index (χ3v) is 1.80. The molecule has 0 bridgehead atoms. The van der Waals surface area contributed by atoms with Crippen LogP contribution in [-0.2, 0) is 4.79 Å². The molecule has 0 spiro atoms. The summed E-state index contributed by atoms with van der Waals surface area (Å²) in [4.78, 5) is 11.0. The second kappa shape index (κ2) is 5.48. The van der Waals surface area contributed by atoms with Gasteiger partial charge in [0, 0.05) is 0 Å². The number of hydrogen-bond acceptors (Lipinski definition) is 5. The number of nitriles is 1. The van der Waals surface area contributed by atoms with Gasteiger partial charge in [-0.3, -0.25) is 15.6 Å². The van der Waals surface area contributed by atoms with Crippen LogP contribution in [0.5, 0.6) is 0 Å². The van der Waals surface area contributed by atoms with Crippen LogP contribution in [0, 0.1) is 18.3 Å². The first-order valence-corrected chi connectivity index (χ1v) is 4.48. The molecule has 0 saturated carbocycles. The maximum atomic E-state index is 11.0. The molecule has 82 valence electrons. The molecule has 0 aliphatic carbocycles. The summed E-state index contributed by atoms with van der Waals surface area (Å²) in [6.07, 6.45) is 0. The molecule has 4 N–H and O–H groups in total. The van der Waals surface area contributed by atoms with Gasteiger partial charge in [-0.25, -0.2) is 5.84 Å². The first-order valence-electron chi connectivity index (χ1n) is 4.48. The maximum absolute atomic E-state index is 11.0. The SMILES string of the molecule is Cc1ccc(N/N=C(\C#N)C(=O)NN)cc1. The summed E-state index contributed by atoms with van der Waals surface area (Å²) in [5.41, 5.74) is 5.88. The Morgan fingerprint density at radius 2 is 2.06 bits per heavy atom. The van der Waals surface area contributed by atoms with Crippen molar-refractivity contribution in [3.8, 4) is 6.07 Å². The quantitative estimate of drug-likeness (QED) is 0.293. The van der Waals surface area contributed by atoms with Crippen LogP contribution in [0.4, 0.5) is 5.69 Å². The summed E-state index contributed by atoms with van der Waals surface area (Å²) in [6.45, 7) is 1.95. The topological polar surface area (TPSA) is 103 Å². The number of hydrogen-bond donors (Lipinski definition) is 3. The van der Waals surface area contributed by atoms with E-state index in [1.54, 1.807) is 18.2 Å². The standard InChI is InChI=1S/C10H11N5O/c1-7-2-4-8(5-3-7)14-15-9(6-11)10(16)13-12/h2-5,14H,12H2,1H3,(H,13,16)/b15-9+. The number of nitrogens with two attached hydrogens (primary N) is 1. The van der Waals surface area contributed by atoms with E-state index in [4.69, 9.17) is 11.1 Å². The second-order valence-corrected chi connectivity index (χ2v) is 3.02. The van der Waals surface area contributed by atoms with Crippen LogP contribution in [0.15, 0.2) is 29.4 Å². The number of benzene rings is 1. The van der Waals surface area contributed by atoms with E-state index in [2.05, 4.69) is 10.5 Å². The van der Waals surface area contributed by atoms with Crippen LogP contribution in [-0.4, -0.2) is 11.6 Å². The molecule has 0 heterocycles. The number of aryl methyl sites for hydroxylation is 1. The Hall–Kier alpha value is -2.39. The monoisotopic (exact) mass is 217 g/mol. The van der Waals surface area contributed by atoms with E-state index in [0.717, 1.165) is 5.56 Å². The Morgan fingerprint density at radius 3 is 2.56 bits per heavy atom. The fraction of sp³-hybridized carbons (Fsp3) is 0.100. The van der Waals surface area contributed by atoms with Crippen LogP contribution >= 0.6 is 0 Å². The van der Waals surface area contributed by atoms with Gasteiger partial charge in [0.25, 0.3) is 5.91 Å². The zero-order valence-electron chi connectivity index (χ0n) is 8.69. The van der Waals surface area contributed by atoms with Gasteiger partial charge < -0.3 is 0 Å². The van der Waals surface area contributed by atoms with Crippen molar-refractivity contribution in [2.24, 2.45) is 10.9 Å². The molecule has 0 radical (unpaired) electrons. The number of carbonyl (C=O) groups is 1. The number of nitrogens with zero attached hydrogens (tertiary/aromatic N) is 2. The first-order chi connectivity index (χ1) is 7.67. The van der Waals surface area contributed by atoms with E-state index in [-0.39, 0.29) is 5.71 Å². The van der Waals surface area contributed by atoms with Gasteiger partial charge in [-0.2, -0.15) is 10.4 Å². The predicted molar refractivity (Wildman–Crippen MR) is 60.2 cm³/mol. The molecule has 0 aliphatic rings. The van der Waals surface area contributed by atoms with E-state index in [9.17, 15) is 4.79 Å². The van der Waals surface area contributed by atoms with E-state index < -0.39 is 5.91 Å². The third kappa shape index (κ3) is 3.08. The summed E-state index contributed by atoms with van der Waals surface area (Å²) in [6, 6.07) is 8.97. The number of anilines is 1. The summed E-state index contributed by atoms with van der Waals surface area (Å²) < 4.78 is 0. The minimum atomic E-state index is -0.734. The lowest BCUT2D eigenvalue weighted by molar-refractivity contribution is -0.114. The molecule has 0 aromatic heterocycles. The van der Waals surface area contributed by atoms with Crippen molar-refractivity contribution in [1.29, 1.82) is 5.26 Å². The number of carbonyl (C=O) groups excluding carboxylic acids is 1. The Morgan fingerprint density at radius 1 is 1.44 bits per heavy atom. The first kappa shape index (κ1) is 11.7. The molecule has 6 nitrogen and oxygen atoms in total. The van der Waals surface area contributed by atoms with Crippen molar-refractivity contribution in [2.75, 3.05) is 5.43 Å². The maximum Gasteiger partial charge on any atom is 0.296 e. The average Bonchev–Trinajstić information content (AvgIpc) is 2.31. The highest BCUT2D eigenvalue weighted by Gasteiger charge is 2.07. The van der Waals surface area contributed by atoms with Crippen molar-refractivity contribution in [2.45, 2.75) is 6.92 Å². The number of hydrazone groups is 1. The zero-order valence-corrected chi connectivity index (χ0v) is 8.69. The van der Waals surface area contributed by atoms with Crippen molar-refractivity contribution < 1.29 is 4.79 Å². The van der Waals surface area contributed by atoms with Crippen molar-refractivity contribution in [3.63, 3.8) is 0 Å². The lowest BCUT2D eigenvalue weighted by Gasteiger charge is -2.01. The van der Waals surface area contributed by atoms with E-state index in [1.807, 2.05) is 24.5 Å². The Labute approximate surface area is 92.7 Å². The van der Waals surface area contributed by atoms with Crippen LogP contribution < -0.4 is 16.7 Å². The fourth-order valence-corrected chi connectivity index (χ4v) is 0.943. The van der Waals surface area contributed by atoms with Gasteiger partial charge in [0.15, 0.2) is 0 Å². The molecule has 1 aromatic carbocycles. The van der Waals surface area contributed by atoms with Gasteiger partial charge in [0.1, 0.15) is 6.07 Å². The van der Waals surface area contributed by atoms with E-state index in [0.29, 0.717) is 5.69 Å². The molecule has 0 aliphatic heterocycles. The van der Waals surface area contributed by atoms with Gasteiger partial charge in [-0.05, 0) is 19.1 Å². The minimum absolute atomic E-state index is 0.330. The number of rotatable bonds is 3. The van der Waals surface area contributed by atoms with Gasteiger partial charge in [-0.1, -0.05) is 17.7 Å². The lowest BCUT2D eigenvalue weighted by atomic mass is 10.2. The molecule has 1 amide bonds. The van der Waals surface area contributed by atoms with E-state index in [1.165, 1.54) is 0 Å². The highest BCUT2D eigenvalue weighted by Crippen LogP contribution is 2.08. The van der Waals surface area contributed by atoms with Gasteiger partial charge in [0.05, 0.1) is 5.69 Å². The summed E-state index contributed by atoms with van der Waals surface area (Å²) in [5.74, 6) is 4.14. The largest absolute Gasteiger partial charge is 0.296 e. The van der Waals surface area contributed by atoms with Gasteiger partial charge in [0.2, 0.25) is 5.71 Å². The Bertz CT molecular complexity index is 443. The summed E-state index contributed by atoms with van der Waals surface area (Å²) in [5, 5.41) is 12.2. The Balaban J connectivity index is 2.75. The second-order valence-electron chi connectivity index (χ2n) is 3.02. The van der Waals surface area contributed by atoms with E-state index >= 15 is 0 Å². The highest BCUT2D eigenvalue weighted by atomic mass is 16.2. The number of amides is 1. The molecule has 6 heteroatoms. The highest BCUT2D eigenvalue weighted by molar-refractivity contribution is 6.45. The predicted octanol–water partition coefficient (Wildman–Crippen LogP) is 0.276. The van der Waals surface area contributed by atoms with Gasteiger partial charge in [-0.15, -0.1) is 0 Å². The molecule has 0 fully saturated rings.